The number of ether oxygens (including phenoxy) is 1. The van der Waals surface area contributed by atoms with Gasteiger partial charge in [-0.3, -0.25) is 14.8 Å². The Labute approximate surface area is 179 Å². The number of morpholine rings is 1. The van der Waals surface area contributed by atoms with E-state index in [2.05, 4.69) is 56.0 Å². The molecule has 2 aliphatic heterocycles. The number of hydrogen-bond acceptors (Lipinski definition) is 7. The highest BCUT2D eigenvalue weighted by Crippen LogP contribution is 2.25. The molecule has 1 aromatic heterocycles. The summed E-state index contributed by atoms with van der Waals surface area (Å²) in [5.41, 5.74) is 1.89. The quantitative estimate of drug-likeness (QED) is 0.745. The van der Waals surface area contributed by atoms with E-state index in [1.165, 1.54) is 11.1 Å². The van der Waals surface area contributed by atoms with Crippen LogP contribution >= 0.6 is 0 Å². The molecule has 30 heavy (non-hydrogen) atoms. The molecule has 1 aromatic carbocycles. The zero-order chi connectivity index (χ0) is 20.8. The van der Waals surface area contributed by atoms with Gasteiger partial charge in [0.2, 0.25) is 0 Å². The molecule has 1 atom stereocenters. The third-order valence-corrected chi connectivity index (χ3v) is 5.95. The molecule has 0 amide bonds. The van der Waals surface area contributed by atoms with E-state index < -0.39 is 5.60 Å². The normalized spacial score (nSPS) is 23.1. The summed E-state index contributed by atoms with van der Waals surface area (Å²) >= 11 is 0. The molecule has 3 heterocycles. The van der Waals surface area contributed by atoms with E-state index in [9.17, 15) is 5.11 Å². The van der Waals surface area contributed by atoms with E-state index >= 15 is 0 Å². The molecular formula is C23H33N5O2. The van der Waals surface area contributed by atoms with Crippen molar-refractivity contribution >= 4 is 5.82 Å². The van der Waals surface area contributed by atoms with Crippen LogP contribution in [-0.2, 0) is 17.8 Å². The molecular weight excluding hydrogens is 378 g/mol. The van der Waals surface area contributed by atoms with Crippen LogP contribution in [0.25, 0.3) is 0 Å². The SMILES string of the molecule is CN(Cc1cccc(CN2CCOCC2)c1)CC1(O)CCCN(c2cnccn2)C1. The summed E-state index contributed by atoms with van der Waals surface area (Å²) in [6.45, 7) is 7.58. The summed E-state index contributed by atoms with van der Waals surface area (Å²) in [6.07, 6.45) is 6.93. The predicted molar refractivity (Wildman–Crippen MR) is 117 cm³/mol. The molecule has 7 heteroatoms. The Bertz CT molecular complexity index is 799. The number of β-amino-alcohol motifs (C(OH)–C–C–N with tert-alkyl or cyclic N) is 1. The minimum absolute atomic E-state index is 0.590. The first kappa shape index (κ1) is 21.2. The standard InChI is InChI=1S/C23H33N5O2/c1-26(16-20-4-2-5-21(14-20)17-27-10-12-30-13-11-27)18-23(29)6-3-9-28(19-23)22-15-24-7-8-25-22/h2,4-5,7-8,14-15,29H,3,6,9-13,16-19H2,1H3. The van der Waals surface area contributed by atoms with Gasteiger partial charge in [0.05, 0.1) is 25.0 Å². The maximum absolute atomic E-state index is 11.3. The molecule has 0 aliphatic carbocycles. The van der Waals surface area contributed by atoms with E-state index in [4.69, 9.17) is 4.74 Å². The van der Waals surface area contributed by atoms with Gasteiger partial charge in [-0.15, -0.1) is 0 Å². The number of piperidine rings is 1. The van der Waals surface area contributed by atoms with Gasteiger partial charge in [0.1, 0.15) is 5.82 Å². The monoisotopic (exact) mass is 411 g/mol. The number of nitrogens with zero attached hydrogens (tertiary/aromatic N) is 5. The Morgan fingerprint density at radius 2 is 2.00 bits per heavy atom. The van der Waals surface area contributed by atoms with Crippen molar-refractivity contribution in [2.24, 2.45) is 0 Å². The van der Waals surface area contributed by atoms with Crippen LogP contribution in [0.1, 0.15) is 24.0 Å². The molecule has 2 fully saturated rings. The van der Waals surface area contributed by atoms with Crippen LogP contribution in [0.15, 0.2) is 42.9 Å². The van der Waals surface area contributed by atoms with Crippen LogP contribution in [0.2, 0.25) is 0 Å². The molecule has 7 nitrogen and oxygen atoms in total. The van der Waals surface area contributed by atoms with Gasteiger partial charge in [0.15, 0.2) is 0 Å². The second-order valence-electron chi connectivity index (χ2n) is 8.69. The third-order valence-electron chi connectivity index (χ3n) is 5.95. The van der Waals surface area contributed by atoms with E-state index in [1.807, 2.05) is 0 Å². The summed E-state index contributed by atoms with van der Waals surface area (Å²) in [4.78, 5) is 15.4. The number of aliphatic hydroxyl groups is 1. The lowest BCUT2D eigenvalue weighted by molar-refractivity contribution is -0.00349. The van der Waals surface area contributed by atoms with Gasteiger partial charge in [0, 0.05) is 58.2 Å². The summed E-state index contributed by atoms with van der Waals surface area (Å²) < 4.78 is 5.45. The molecule has 0 spiro atoms. The molecule has 4 rings (SSSR count). The molecule has 2 saturated heterocycles. The molecule has 2 aromatic rings. The molecule has 162 valence electrons. The van der Waals surface area contributed by atoms with Crippen molar-refractivity contribution in [1.82, 2.24) is 19.8 Å². The lowest BCUT2D eigenvalue weighted by Gasteiger charge is -2.41. The highest BCUT2D eigenvalue weighted by Gasteiger charge is 2.34. The van der Waals surface area contributed by atoms with Crippen LogP contribution in [0.5, 0.6) is 0 Å². The average molecular weight is 412 g/mol. The van der Waals surface area contributed by atoms with Gasteiger partial charge < -0.3 is 14.7 Å². The molecule has 0 radical (unpaired) electrons. The number of aromatic nitrogens is 2. The van der Waals surface area contributed by atoms with Crippen LogP contribution < -0.4 is 4.90 Å². The fourth-order valence-electron chi connectivity index (χ4n) is 4.61. The maximum Gasteiger partial charge on any atom is 0.147 e. The molecule has 1 unspecified atom stereocenters. The average Bonchev–Trinajstić information content (AvgIpc) is 2.75. The summed E-state index contributed by atoms with van der Waals surface area (Å²) in [7, 11) is 2.09. The molecule has 1 N–H and O–H groups in total. The first-order valence-corrected chi connectivity index (χ1v) is 10.9. The minimum atomic E-state index is -0.740. The summed E-state index contributed by atoms with van der Waals surface area (Å²) in [5.74, 6) is 0.842. The number of rotatable bonds is 7. The highest BCUT2D eigenvalue weighted by molar-refractivity contribution is 5.36. The number of hydrogen-bond donors (Lipinski definition) is 1. The molecule has 0 saturated carbocycles. The smallest absolute Gasteiger partial charge is 0.147 e. The Morgan fingerprint density at radius 1 is 1.17 bits per heavy atom. The van der Waals surface area contributed by atoms with Gasteiger partial charge in [-0.25, -0.2) is 4.98 Å². The van der Waals surface area contributed by atoms with Crippen molar-refractivity contribution in [1.29, 1.82) is 0 Å². The lowest BCUT2D eigenvalue weighted by Crippen LogP contribution is -2.54. The zero-order valence-corrected chi connectivity index (χ0v) is 17.9. The predicted octanol–water partition coefficient (Wildman–Crippen LogP) is 1.77. The van der Waals surface area contributed by atoms with Crippen molar-refractivity contribution in [3.63, 3.8) is 0 Å². The van der Waals surface area contributed by atoms with Crippen molar-refractivity contribution in [2.45, 2.75) is 31.5 Å². The van der Waals surface area contributed by atoms with Crippen molar-refractivity contribution < 1.29 is 9.84 Å². The van der Waals surface area contributed by atoms with Crippen LogP contribution in [0.3, 0.4) is 0 Å². The van der Waals surface area contributed by atoms with Crippen molar-refractivity contribution in [2.75, 3.05) is 57.9 Å². The Balaban J connectivity index is 1.33. The number of anilines is 1. The second-order valence-corrected chi connectivity index (χ2v) is 8.69. The van der Waals surface area contributed by atoms with E-state index in [1.54, 1.807) is 18.6 Å². The molecule has 2 aliphatic rings. The van der Waals surface area contributed by atoms with Crippen molar-refractivity contribution in [3.8, 4) is 0 Å². The Hall–Kier alpha value is -2.06. The topological polar surface area (TPSA) is 65.0 Å². The zero-order valence-electron chi connectivity index (χ0n) is 17.9. The van der Waals surface area contributed by atoms with E-state index in [0.29, 0.717) is 13.1 Å². The van der Waals surface area contributed by atoms with Crippen molar-refractivity contribution in [3.05, 3.63) is 54.0 Å². The van der Waals surface area contributed by atoms with Gasteiger partial charge >= 0.3 is 0 Å². The van der Waals surface area contributed by atoms with Gasteiger partial charge in [0.25, 0.3) is 0 Å². The minimum Gasteiger partial charge on any atom is -0.387 e. The fraction of sp³-hybridized carbons (Fsp3) is 0.565. The Kier molecular flexibility index (Phi) is 6.94. The largest absolute Gasteiger partial charge is 0.387 e. The fourth-order valence-corrected chi connectivity index (χ4v) is 4.61. The van der Waals surface area contributed by atoms with Gasteiger partial charge in [-0.2, -0.15) is 0 Å². The first-order chi connectivity index (χ1) is 14.6. The third kappa shape index (κ3) is 5.76. The van der Waals surface area contributed by atoms with Gasteiger partial charge in [-0.05, 0) is 31.0 Å². The van der Waals surface area contributed by atoms with E-state index in [-0.39, 0.29) is 0 Å². The molecule has 0 bridgehead atoms. The van der Waals surface area contributed by atoms with Crippen LogP contribution in [0, 0.1) is 0 Å². The summed E-state index contributed by atoms with van der Waals surface area (Å²) in [6, 6.07) is 8.81. The second kappa shape index (κ2) is 9.83. The first-order valence-electron chi connectivity index (χ1n) is 10.9. The maximum atomic E-state index is 11.3. The number of likely N-dealkylation sites (N-methyl/N-ethyl adjacent to an activating group) is 1. The lowest BCUT2D eigenvalue weighted by atomic mass is 9.92. The van der Waals surface area contributed by atoms with Crippen LogP contribution in [-0.4, -0.2) is 83.5 Å². The highest BCUT2D eigenvalue weighted by atomic mass is 16.5. The van der Waals surface area contributed by atoms with E-state index in [0.717, 1.165) is 64.6 Å². The van der Waals surface area contributed by atoms with Gasteiger partial charge in [-0.1, -0.05) is 24.3 Å². The summed E-state index contributed by atoms with van der Waals surface area (Å²) in [5, 5.41) is 11.3. The van der Waals surface area contributed by atoms with Crippen LogP contribution in [0.4, 0.5) is 5.82 Å². The Morgan fingerprint density at radius 3 is 2.80 bits per heavy atom. The number of benzene rings is 1.